The number of nitrogens with zero attached hydrogens (tertiary/aromatic N) is 2. The van der Waals surface area contributed by atoms with Crippen LogP contribution >= 0.6 is 11.8 Å². The van der Waals surface area contributed by atoms with E-state index >= 15 is 0 Å². The van der Waals surface area contributed by atoms with Gasteiger partial charge in [0.05, 0.1) is 18.9 Å². The number of carbonyl (C=O) groups is 4. The van der Waals surface area contributed by atoms with Gasteiger partial charge in [0, 0.05) is 24.9 Å². The molecule has 3 unspecified atom stereocenters. The standard InChI is InChI=1S/C19H33N9O5S/c1-34-6-4-13(28-16(30)12(20)7-11-8-23-10-26-11)17(31)25-9-15(29)27-14(18(32)33)3-2-5-24-19(21)22/h8,10,12-14H,2-7,9,20H2,1H3,(H,23,26)(H,25,31)(H,27,29)(H,28,30)(H,32,33)(H4,21,22,24). The number of rotatable bonds is 16. The Morgan fingerprint density at radius 1 is 1.18 bits per heavy atom. The van der Waals surface area contributed by atoms with Gasteiger partial charge in [-0.25, -0.2) is 9.78 Å². The first kappa shape index (κ1) is 28.7. The highest BCUT2D eigenvalue weighted by molar-refractivity contribution is 7.98. The van der Waals surface area contributed by atoms with Crippen molar-refractivity contribution in [2.45, 2.75) is 43.8 Å². The Balaban J connectivity index is 2.57. The highest BCUT2D eigenvalue weighted by Gasteiger charge is 2.25. The van der Waals surface area contributed by atoms with E-state index < -0.39 is 48.4 Å². The van der Waals surface area contributed by atoms with Gasteiger partial charge in [-0.2, -0.15) is 11.8 Å². The van der Waals surface area contributed by atoms with Gasteiger partial charge in [0.15, 0.2) is 5.96 Å². The molecular formula is C19H33N9O5S. The van der Waals surface area contributed by atoms with Gasteiger partial charge in [0.2, 0.25) is 17.7 Å². The van der Waals surface area contributed by atoms with Crippen molar-refractivity contribution in [3.8, 4) is 0 Å². The summed E-state index contributed by atoms with van der Waals surface area (Å²) in [5.41, 5.74) is 17.0. The van der Waals surface area contributed by atoms with Crippen LogP contribution in [0.25, 0.3) is 0 Å². The van der Waals surface area contributed by atoms with E-state index in [1.54, 1.807) is 6.20 Å². The second kappa shape index (κ2) is 15.5. The monoisotopic (exact) mass is 499 g/mol. The van der Waals surface area contributed by atoms with E-state index in [4.69, 9.17) is 17.2 Å². The Labute approximate surface area is 201 Å². The molecular weight excluding hydrogens is 466 g/mol. The lowest BCUT2D eigenvalue weighted by atomic mass is 10.1. The average Bonchev–Trinajstić information content (AvgIpc) is 3.29. The number of carboxylic acids is 1. The van der Waals surface area contributed by atoms with Gasteiger partial charge in [-0.05, 0) is 31.3 Å². The number of nitrogens with one attached hydrogen (secondary N) is 4. The van der Waals surface area contributed by atoms with Gasteiger partial charge >= 0.3 is 5.97 Å². The quantitative estimate of drug-likeness (QED) is 0.0662. The van der Waals surface area contributed by atoms with Gasteiger partial charge in [-0.15, -0.1) is 0 Å². The summed E-state index contributed by atoms with van der Waals surface area (Å²) < 4.78 is 0. The Bertz CT molecular complexity index is 830. The molecule has 14 nitrogen and oxygen atoms in total. The summed E-state index contributed by atoms with van der Waals surface area (Å²) in [6.07, 6.45) is 5.85. The molecule has 34 heavy (non-hydrogen) atoms. The molecule has 0 saturated heterocycles. The number of aromatic amines is 1. The maximum absolute atomic E-state index is 12.6. The van der Waals surface area contributed by atoms with Crippen LogP contribution in [-0.4, -0.2) is 87.9 Å². The third-order valence-corrected chi connectivity index (χ3v) is 5.22. The molecule has 3 atom stereocenters. The lowest BCUT2D eigenvalue weighted by Gasteiger charge is -2.20. The zero-order valence-electron chi connectivity index (χ0n) is 19.0. The SMILES string of the molecule is CSCCC(NC(=O)C(N)Cc1cnc[nH]1)C(=O)NCC(=O)NC(CCCN=C(N)N)C(=O)O. The number of hydrogen-bond acceptors (Lipinski definition) is 8. The minimum atomic E-state index is -1.22. The molecule has 0 fully saturated rings. The second-order valence-electron chi connectivity index (χ2n) is 7.36. The molecule has 0 aliphatic rings. The van der Waals surface area contributed by atoms with Crippen molar-refractivity contribution in [1.29, 1.82) is 0 Å². The van der Waals surface area contributed by atoms with E-state index in [1.165, 1.54) is 18.1 Å². The number of carboxylic acid groups (broad SMARTS) is 1. The molecule has 1 rings (SSSR count). The molecule has 11 N–H and O–H groups in total. The van der Waals surface area contributed by atoms with Crippen molar-refractivity contribution in [3.05, 3.63) is 18.2 Å². The van der Waals surface area contributed by atoms with Crippen LogP contribution in [0.4, 0.5) is 0 Å². The number of guanidine groups is 1. The van der Waals surface area contributed by atoms with E-state index in [9.17, 15) is 24.3 Å². The second-order valence-corrected chi connectivity index (χ2v) is 8.34. The van der Waals surface area contributed by atoms with Crippen LogP contribution in [-0.2, 0) is 25.6 Å². The summed E-state index contributed by atoms with van der Waals surface area (Å²) >= 11 is 1.49. The molecule has 3 amide bonds. The molecule has 15 heteroatoms. The predicted octanol–water partition coefficient (Wildman–Crippen LogP) is -2.74. The van der Waals surface area contributed by atoms with Crippen LogP contribution in [0.15, 0.2) is 17.5 Å². The van der Waals surface area contributed by atoms with Crippen LogP contribution in [0.3, 0.4) is 0 Å². The number of thioether (sulfide) groups is 1. The molecule has 0 radical (unpaired) electrons. The lowest BCUT2D eigenvalue weighted by Crippen LogP contribution is -2.54. The lowest BCUT2D eigenvalue weighted by molar-refractivity contribution is -0.142. The molecule has 0 saturated carbocycles. The number of carbonyl (C=O) groups excluding carboxylic acids is 3. The van der Waals surface area contributed by atoms with E-state index in [0.29, 0.717) is 24.3 Å². The largest absolute Gasteiger partial charge is 0.480 e. The normalized spacial score (nSPS) is 13.2. The molecule has 1 aromatic rings. The molecule has 0 bridgehead atoms. The molecule has 1 aromatic heterocycles. The zero-order valence-corrected chi connectivity index (χ0v) is 19.8. The third kappa shape index (κ3) is 11.5. The Kier molecular flexibility index (Phi) is 13.1. The van der Waals surface area contributed by atoms with Gasteiger partial charge in [0.1, 0.15) is 12.1 Å². The maximum Gasteiger partial charge on any atom is 0.326 e. The maximum atomic E-state index is 12.6. The number of amides is 3. The van der Waals surface area contributed by atoms with E-state index in [2.05, 4.69) is 30.9 Å². The summed E-state index contributed by atoms with van der Waals surface area (Å²) in [6.45, 7) is -0.236. The number of aromatic nitrogens is 2. The van der Waals surface area contributed by atoms with Crippen molar-refractivity contribution in [2.75, 3.05) is 25.1 Å². The fourth-order valence-electron chi connectivity index (χ4n) is 2.81. The highest BCUT2D eigenvalue weighted by Crippen LogP contribution is 2.03. The Morgan fingerprint density at radius 2 is 1.91 bits per heavy atom. The minimum absolute atomic E-state index is 0.104. The number of nitrogens with two attached hydrogens (primary N) is 3. The fraction of sp³-hybridized carbons (Fsp3) is 0.579. The summed E-state index contributed by atoms with van der Waals surface area (Å²) in [5, 5.41) is 16.7. The summed E-state index contributed by atoms with van der Waals surface area (Å²) in [6, 6.07) is -2.97. The molecule has 0 aliphatic carbocycles. The van der Waals surface area contributed by atoms with Gasteiger partial charge in [0.25, 0.3) is 0 Å². The van der Waals surface area contributed by atoms with Crippen LogP contribution in [0.5, 0.6) is 0 Å². The first-order valence-electron chi connectivity index (χ1n) is 10.5. The fourth-order valence-corrected chi connectivity index (χ4v) is 3.28. The van der Waals surface area contributed by atoms with E-state index in [-0.39, 0.29) is 25.3 Å². The topological polar surface area (TPSA) is 244 Å². The third-order valence-electron chi connectivity index (χ3n) is 4.58. The minimum Gasteiger partial charge on any atom is -0.480 e. The smallest absolute Gasteiger partial charge is 0.326 e. The van der Waals surface area contributed by atoms with Gasteiger partial charge in [-0.1, -0.05) is 0 Å². The zero-order chi connectivity index (χ0) is 25.5. The first-order valence-corrected chi connectivity index (χ1v) is 11.9. The number of imidazole rings is 1. The van der Waals surface area contributed by atoms with Gasteiger partial charge in [-0.3, -0.25) is 19.4 Å². The van der Waals surface area contributed by atoms with Crippen LogP contribution in [0, 0.1) is 0 Å². The summed E-state index contributed by atoms with van der Waals surface area (Å²) in [5.74, 6) is -2.53. The predicted molar refractivity (Wildman–Crippen MR) is 128 cm³/mol. The number of aliphatic imine (C=N–C) groups is 1. The molecule has 190 valence electrons. The Morgan fingerprint density at radius 3 is 2.50 bits per heavy atom. The molecule has 0 aromatic carbocycles. The molecule has 0 aliphatic heterocycles. The summed E-state index contributed by atoms with van der Waals surface area (Å²) in [7, 11) is 0. The van der Waals surface area contributed by atoms with Crippen molar-refractivity contribution in [3.63, 3.8) is 0 Å². The summed E-state index contributed by atoms with van der Waals surface area (Å²) in [4.78, 5) is 59.1. The van der Waals surface area contributed by atoms with Crippen LogP contribution in [0.2, 0.25) is 0 Å². The number of aliphatic carboxylic acids is 1. The highest BCUT2D eigenvalue weighted by atomic mass is 32.2. The van der Waals surface area contributed by atoms with Crippen LogP contribution in [0.1, 0.15) is 25.0 Å². The number of hydrogen-bond donors (Lipinski definition) is 8. The van der Waals surface area contributed by atoms with Crippen molar-refractivity contribution < 1.29 is 24.3 Å². The Hall–Kier alpha value is -3.33. The van der Waals surface area contributed by atoms with Gasteiger partial charge < -0.3 is 43.2 Å². The van der Waals surface area contributed by atoms with Crippen LogP contribution < -0.4 is 33.2 Å². The van der Waals surface area contributed by atoms with E-state index in [1.807, 2.05) is 6.26 Å². The first-order chi connectivity index (χ1) is 16.1. The average molecular weight is 500 g/mol. The molecule has 1 heterocycles. The van der Waals surface area contributed by atoms with Crippen molar-refractivity contribution in [2.24, 2.45) is 22.2 Å². The molecule has 0 spiro atoms. The van der Waals surface area contributed by atoms with Crippen molar-refractivity contribution >= 4 is 41.4 Å². The number of H-pyrrole nitrogens is 1. The van der Waals surface area contributed by atoms with Crippen molar-refractivity contribution in [1.82, 2.24) is 25.9 Å². The van der Waals surface area contributed by atoms with E-state index in [0.717, 1.165) is 0 Å².